The van der Waals surface area contributed by atoms with Crippen LogP contribution in [0.1, 0.15) is 46.6 Å². The lowest BCUT2D eigenvalue weighted by Crippen LogP contribution is -2.22. The van der Waals surface area contributed by atoms with Gasteiger partial charge in [-0.2, -0.15) is 4.20 Å². The second kappa shape index (κ2) is 7.02. The standard InChI is InChI=1S/C21H20Cl2N2O2/c1-12-5-8-15(9-6-12)21(3,4)17-18(20(26)27)24-25(23)19(17)14-7-10-16(22)13(2)11-14/h5-11H,1-4H3,(H,26,27). The summed E-state index contributed by atoms with van der Waals surface area (Å²) in [7, 11) is 0. The van der Waals surface area contributed by atoms with Crippen molar-refractivity contribution < 1.29 is 9.90 Å². The van der Waals surface area contributed by atoms with Gasteiger partial charge >= 0.3 is 5.97 Å². The zero-order valence-electron chi connectivity index (χ0n) is 15.5. The smallest absolute Gasteiger partial charge is 0.356 e. The van der Waals surface area contributed by atoms with E-state index < -0.39 is 11.4 Å². The Kier molecular flexibility index (Phi) is 5.06. The van der Waals surface area contributed by atoms with E-state index >= 15 is 0 Å². The molecule has 2 aromatic carbocycles. The van der Waals surface area contributed by atoms with Gasteiger partial charge in [-0.25, -0.2) is 4.79 Å². The topological polar surface area (TPSA) is 55.1 Å². The lowest BCUT2D eigenvalue weighted by Gasteiger charge is -2.27. The van der Waals surface area contributed by atoms with Crippen LogP contribution in [0.25, 0.3) is 11.3 Å². The molecule has 0 aliphatic heterocycles. The van der Waals surface area contributed by atoms with Crippen molar-refractivity contribution in [2.75, 3.05) is 0 Å². The summed E-state index contributed by atoms with van der Waals surface area (Å²) < 4.78 is 1.12. The normalized spacial score (nSPS) is 11.6. The number of aromatic carboxylic acids is 1. The maximum Gasteiger partial charge on any atom is 0.356 e. The lowest BCUT2D eigenvalue weighted by molar-refractivity contribution is 0.0688. The van der Waals surface area contributed by atoms with E-state index in [4.69, 9.17) is 23.4 Å². The highest BCUT2D eigenvalue weighted by molar-refractivity contribution is 6.31. The van der Waals surface area contributed by atoms with Gasteiger partial charge in [-0.15, -0.1) is 5.10 Å². The first-order valence-corrected chi connectivity index (χ1v) is 9.21. The summed E-state index contributed by atoms with van der Waals surface area (Å²) in [5.74, 6) is -1.11. The number of hydrogen-bond donors (Lipinski definition) is 1. The third kappa shape index (κ3) is 3.47. The number of carbonyl (C=O) groups is 1. The minimum Gasteiger partial charge on any atom is -0.476 e. The summed E-state index contributed by atoms with van der Waals surface area (Å²) in [5, 5.41) is 14.5. The highest BCUT2D eigenvalue weighted by Crippen LogP contribution is 2.41. The Hall–Kier alpha value is -2.30. The van der Waals surface area contributed by atoms with Gasteiger partial charge in [0.15, 0.2) is 5.69 Å². The van der Waals surface area contributed by atoms with Crippen LogP contribution in [-0.4, -0.2) is 20.4 Å². The van der Waals surface area contributed by atoms with Crippen LogP contribution in [0.2, 0.25) is 5.02 Å². The van der Waals surface area contributed by atoms with Gasteiger partial charge in [-0.05, 0) is 37.1 Å². The summed E-state index contributed by atoms with van der Waals surface area (Å²) in [4.78, 5) is 11.9. The molecular weight excluding hydrogens is 383 g/mol. The molecule has 6 heteroatoms. The number of aryl methyl sites for hydroxylation is 2. The molecule has 0 unspecified atom stereocenters. The van der Waals surface area contributed by atoms with Crippen LogP contribution in [0, 0.1) is 13.8 Å². The Morgan fingerprint density at radius 1 is 1.11 bits per heavy atom. The molecular formula is C21H20Cl2N2O2. The van der Waals surface area contributed by atoms with Crippen LogP contribution in [0.4, 0.5) is 0 Å². The van der Waals surface area contributed by atoms with E-state index in [2.05, 4.69) is 5.10 Å². The van der Waals surface area contributed by atoms with E-state index in [0.29, 0.717) is 16.3 Å². The molecule has 4 nitrogen and oxygen atoms in total. The Morgan fingerprint density at radius 3 is 2.30 bits per heavy atom. The van der Waals surface area contributed by atoms with Gasteiger partial charge in [-0.3, -0.25) is 0 Å². The van der Waals surface area contributed by atoms with Crippen molar-refractivity contribution in [1.82, 2.24) is 9.30 Å². The molecule has 0 radical (unpaired) electrons. The largest absolute Gasteiger partial charge is 0.476 e. The Bertz CT molecular complexity index is 1020. The summed E-state index contributed by atoms with van der Waals surface area (Å²) in [6, 6.07) is 13.5. The monoisotopic (exact) mass is 402 g/mol. The summed E-state index contributed by atoms with van der Waals surface area (Å²) in [6.45, 7) is 7.86. The van der Waals surface area contributed by atoms with E-state index in [0.717, 1.165) is 26.5 Å². The van der Waals surface area contributed by atoms with Gasteiger partial charge < -0.3 is 5.11 Å². The van der Waals surface area contributed by atoms with Crippen molar-refractivity contribution in [1.29, 1.82) is 0 Å². The molecule has 140 valence electrons. The van der Waals surface area contributed by atoms with Crippen LogP contribution < -0.4 is 0 Å². The average molecular weight is 403 g/mol. The van der Waals surface area contributed by atoms with E-state index in [-0.39, 0.29) is 5.69 Å². The summed E-state index contributed by atoms with van der Waals surface area (Å²) >= 11 is 12.5. The van der Waals surface area contributed by atoms with Gasteiger partial charge in [0, 0.05) is 33.3 Å². The minimum absolute atomic E-state index is 0.0572. The Morgan fingerprint density at radius 2 is 1.74 bits per heavy atom. The number of halogens is 2. The number of aromatic nitrogens is 2. The van der Waals surface area contributed by atoms with Gasteiger partial charge in [0.05, 0.1) is 5.69 Å². The molecule has 1 aromatic heterocycles. The molecule has 0 amide bonds. The van der Waals surface area contributed by atoms with Crippen molar-refractivity contribution in [3.63, 3.8) is 0 Å². The molecule has 1 heterocycles. The highest BCUT2D eigenvalue weighted by atomic mass is 35.5. The number of hydrogen-bond acceptors (Lipinski definition) is 2. The maximum absolute atomic E-state index is 11.9. The van der Waals surface area contributed by atoms with E-state index in [1.807, 2.05) is 64.1 Å². The van der Waals surface area contributed by atoms with Crippen molar-refractivity contribution in [3.8, 4) is 11.3 Å². The van der Waals surface area contributed by atoms with E-state index in [1.165, 1.54) is 0 Å². The number of carboxylic acid groups (broad SMARTS) is 1. The molecule has 3 aromatic rings. The van der Waals surface area contributed by atoms with Gasteiger partial charge in [0.2, 0.25) is 0 Å². The minimum atomic E-state index is -1.11. The van der Waals surface area contributed by atoms with Crippen molar-refractivity contribution >= 4 is 29.3 Å². The quantitative estimate of drug-likeness (QED) is 0.595. The van der Waals surface area contributed by atoms with Crippen LogP contribution in [0.3, 0.4) is 0 Å². The fourth-order valence-electron chi connectivity index (χ4n) is 3.29. The second-order valence-corrected chi connectivity index (χ2v) is 7.92. The average Bonchev–Trinajstić information content (AvgIpc) is 2.96. The van der Waals surface area contributed by atoms with Crippen molar-refractivity contribution in [2.45, 2.75) is 33.1 Å². The van der Waals surface area contributed by atoms with Gasteiger partial charge in [0.25, 0.3) is 0 Å². The summed E-state index contributed by atoms with van der Waals surface area (Å²) in [6.07, 6.45) is 0. The Balaban J connectivity index is 2.31. The fourth-order valence-corrected chi connectivity index (χ4v) is 3.67. The predicted molar refractivity (Wildman–Crippen MR) is 109 cm³/mol. The van der Waals surface area contributed by atoms with Crippen molar-refractivity contribution in [3.05, 3.63) is 75.4 Å². The molecule has 0 saturated heterocycles. The molecule has 0 atom stereocenters. The maximum atomic E-state index is 11.9. The number of benzene rings is 2. The zero-order chi connectivity index (χ0) is 19.9. The SMILES string of the molecule is Cc1ccc(C(C)(C)c2c(C(=O)O)nn(Cl)c2-c2ccc(Cl)c(C)c2)cc1. The number of carboxylic acids is 1. The summed E-state index contributed by atoms with van der Waals surface area (Å²) in [5.41, 5.74) is 4.19. The molecule has 1 N–H and O–H groups in total. The molecule has 0 spiro atoms. The van der Waals surface area contributed by atoms with Crippen LogP contribution >= 0.6 is 23.4 Å². The molecule has 0 aliphatic carbocycles. The first-order chi connectivity index (χ1) is 12.6. The van der Waals surface area contributed by atoms with Crippen molar-refractivity contribution in [2.24, 2.45) is 0 Å². The molecule has 0 bridgehead atoms. The van der Waals surface area contributed by atoms with Crippen LogP contribution in [0.15, 0.2) is 42.5 Å². The number of nitrogens with zero attached hydrogens (tertiary/aromatic N) is 2. The molecule has 0 fully saturated rings. The van der Waals surface area contributed by atoms with Crippen LogP contribution in [-0.2, 0) is 5.41 Å². The third-order valence-electron chi connectivity index (χ3n) is 4.88. The Labute approximate surface area is 168 Å². The van der Waals surface area contributed by atoms with Gasteiger partial charge in [0.1, 0.15) is 0 Å². The van der Waals surface area contributed by atoms with E-state index in [9.17, 15) is 9.90 Å². The fraction of sp³-hybridized carbons (Fsp3) is 0.238. The second-order valence-electron chi connectivity index (χ2n) is 7.19. The third-order valence-corrected chi connectivity index (χ3v) is 5.55. The lowest BCUT2D eigenvalue weighted by atomic mass is 9.75. The first-order valence-electron chi connectivity index (χ1n) is 8.49. The molecule has 0 aliphatic rings. The van der Waals surface area contributed by atoms with Gasteiger partial charge in [-0.1, -0.05) is 61.3 Å². The number of rotatable bonds is 4. The molecule has 3 rings (SSSR count). The predicted octanol–water partition coefficient (Wildman–Crippen LogP) is 5.85. The van der Waals surface area contributed by atoms with Crippen LogP contribution in [0.5, 0.6) is 0 Å². The van der Waals surface area contributed by atoms with E-state index in [1.54, 1.807) is 6.07 Å². The molecule has 27 heavy (non-hydrogen) atoms. The molecule has 0 saturated carbocycles. The zero-order valence-corrected chi connectivity index (χ0v) is 17.1. The first kappa shape index (κ1) is 19.5. The highest BCUT2D eigenvalue weighted by Gasteiger charge is 2.36.